The molecule has 1 fully saturated rings. The number of hydroxylamine groups is 2. The molecule has 6 heteroatoms. The highest BCUT2D eigenvalue weighted by Gasteiger charge is 2.54. The van der Waals surface area contributed by atoms with Crippen LogP contribution in [0.2, 0.25) is 0 Å². The summed E-state index contributed by atoms with van der Waals surface area (Å²) in [5.74, 6) is 0. The van der Waals surface area contributed by atoms with Crippen molar-refractivity contribution in [3.05, 3.63) is 11.9 Å². The minimum absolute atomic E-state index is 0.358. The van der Waals surface area contributed by atoms with Crippen LogP contribution in [0, 0.1) is 0 Å². The van der Waals surface area contributed by atoms with Gasteiger partial charge in [0.15, 0.2) is 5.66 Å². The fraction of sp³-hybridized carbons (Fsp3) is 0.778. The standard InChI is InChI=1S/C9H16BNO4/c1-8(2)9(3,4)14-10(13-8)7-6-11(5)15-12-7/h6H,1-5H3. The molecule has 2 heterocycles. The molecule has 84 valence electrons. The molecule has 2 aliphatic rings. The molecular weight excluding hydrogens is 197 g/mol. The van der Waals surface area contributed by atoms with Crippen molar-refractivity contribution >= 4 is 7.12 Å². The van der Waals surface area contributed by atoms with Gasteiger partial charge in [-0.3, -0.25) is 0 Å². The maximum atomic E-state index is 5.77. The topological polar surface area (TPSA) is 40.2 Å². The molecule has 2 aliphatic heterocycles. The maximum Gasteiger partial charge on any atom is 0.538 e. The first-order valence-corrected chi connectivity index (χ1v) is 4.97. The predicted octanol–water partition coefficient (Wildman–Crippen LogP) is 1.27. The largest absolute Gasteiger partial charge is 0.538 e. The van der Waals surface area contributed by atoms with Crippen molar-refractivity contribution in [2.45, 2.75) is 38.9 Å². The summed E-state index contributed by atoms with van der Waals surface area (Å²) in [5.41, 5.74) is -0.178. The van der Waals surface area contributed by atoms with E-state index in [2.05, 4.69) is 0 Å². The Labute approximate surface area is 89.9 Å². The first-order chi connectivity index (χ1) is 6.82. The monoisotopic (exact) mass is 213 g/mol. The third kappa shape index (κ3) is 1.73. The summed E-state index contributed by atoms with van der Waals surface area (Å²) in [5, 5.41) is 1.46. The third-order valence-electron chi connectivity index (χ3n) is 3.05. The molecule has 0 bridgehead atoms. The fourth-order valence-corrected chi connectivity index (χ4v) is 1.38. The summed E-state index contributed by atoms with van der Waals surface area (Å²) in [6, 6.07) is 0. The Kier molecular flexibility index (Phi) is 2.26. The minimum atomic E-state index is -0.500. The van der Waals surface area contributed by atoms with Crippen LogP contribution in [0.5, 0.6) is 0 Å². The van der Waals surface area contributed by atoms with Gasteiger partial charge in [-0.15, -0.1) is 0 Å². The van der Waals surface area contributed by atoms with E-state index in [1.54, 1.807) is 13.2 Å². The second-order valence-electron chi connectivity index (χ2n) is 4.82. The van der Waals surface area contributed by atoms with E-state index >= 15 is 0 Å². The number of nitrogens with zero attached hydrogens (tertiary/aromatic N) is 1. The van der Waals surface area contributed by atoms with Gasteiger partial charge in [0.05, 0.1) is 17.4 Å². The highest BCUT2D eigenvalue weighted by Crippen LogP contribution is 2.39. The van der Waals surface area contributed by atoms with Crippen LogP contribution in [-0.2, 0) is 19.2 Å². The third-order valence-corrected chi connectivity index (χ3v) is 3.05. The van der Waals surface area contributed by atoms with Crippen molar-refractivity contribution in [2.75, 3.05) is 7.05 Å². The molecule has 0 amide bonds. The fourth-order valence-electron chi connectivity index (χ4n) is 1.38. The van der Waals surface area contributed by atoms with Crippen LogP contribution >= 0.6 is 0 Å². The highest BCUT2D eigenvalue weighted by molar-refractivity contribution is 6.53. The summed E-state index contributed by atoms with van der Waals surface area (Å²) in [6.07, 6.45) is 1.70. The molecule has 5 nitrogen and oxygen atoms in total. The molecule has 0 aromatic heterocycles. The van der Waals surface area contributed by atoms with Crippen LogP contribution in [0.4, 0.5) is 0 Å². The lowest BCUT2D eigenvalue weighted by Crippen LogP contribution is -2.41. The summed E-state index contributed by atoms with van der Waals surface area (Å²) in [7, 11) is 1.23. The number of rotatable bonds is 1. The van der Waals surface area contributed by atoms with Gasteiger partial charge in [-0.1, -0.05) is 4.99 Å². The lowest BCUT2D eigenvalue weighted by atomic mass is 9.87. The molecule has 15 heavy (non-hydrogen) atoms. The zero-order chi connectivity index (χ0) is 11.3. The van der Waals surface area contributed by atoms with E-state index in [0.29, 0.717) is 5.66 Å². The minimum Gasteiger partial charge on any atom is -0.397 e. The summed E-state index contributed by atoms with van der Waals surface area (Å²) >= 11 is 0. The normalized spacial score (nSPS) is 27.9. The molecule has 0 aliphatic carbocycles. The van der Waals surface area contributed by atoms with Crippen LogP contribution < -0.4 is 0 Å². The second-order valence-corrected chi connectivity index (χ2v) is 4.82. The van der Waals surface area contributed by atoms with E-state index in [4.69, 9.17) is 19.2 Å². The van der Waals surface area contributed by atoms with Crippen LogP contribution in [-0.4, -0.2) is 30.4 Å². The van der Waals surface area contributed by atoms with Crippen molar-refractivity contribution in [1.29, 1.82) is 0 Å². The molecule has 0 spiro atoms. The average Bonchev–Trinajstić information content (AvgIpc) is 2.56. The molecule has 0 N–H and O–H groups in total. The van der Waals surface area contributed by atoms with Crippen LogP contribution in [0.3, 0.4) is 0 Å². The van der Waals surface area contributed by atoms with Crippen molar-refractivity contribution in [2.24, 2.45) is 0 Å². The van der Waals surface area contributed by atoms with Gasteiger partial charge in [-0.2, -0.15) is 0 Å². The second kappa shape index (κ2) is 3.14. The Morgan fingerprint density at radius 1 is 1.13 bits per heavy atom. The van der Waals surface area contributed by atoms with Gasteiger partial charge in [0, 0.05) is 7.05 Å². The van der Waals surface area contributed by atoms with E-state index in [1.807, 2.05) is 27.7 Å². The van der Waals surface area contributed by atoms with Crippen molar-refractivity contribution in [3.63, 3.8) is 0 Å². The van der Waals surface area contributed by atoms with Gasteiger partial charge in [0.25, 0.3) is 0 Å². The zero-order valence-electron chi connectivity index (χ0n) is 9.73. The number of hydrogen-bond acceptors (Lipinski definition) is 5. The molecule has 0 radical (unpaired) electrons. The first kappa shape index (κ1) is 10.8. The van der Waals surface area contributed by atoms with Crippen LogP contribution in [0.15, 0.2) is 11.9 Å². The Balaban J connectivity index is 2.13. The van der Waals surface area contributed by atoms with E-state index < -0.39 is 7.12 Å². The van der Waals surface area contributed by atoms with E-state index in [1.165, 1.54) is 5.06 Å². The van der Waals surface area contributed by atoms with Gasteiger partial charge >= 0.3 is 7.12 Å². The highest BCUT2D eigenvalue weighted by atomic mass is 17.3. The lowest BCUT2D eigenvalue weighted by molar-refractivity contribution is -0.352. The Bertz CT molecular complexity index is 286. The maximum absolute atomic E-state index is 5.77. The lowest BCUT2D eigenvalue weighted by Gasteiger charge is -2.32. The van der Waals surface area contributed by atoms with Crippen molar-refractivity contribution in [1.82, 2.24) is 5.06 Å². The van der Waals surface area contributed by atoms with E-state index in [-0.39, 0.29) is 11.2 Å². The molecule has 0 unspecified atom stereocenters. The van der Waals surface area contributed by atoms with Gasteiger partial charge in [0.1, 0.15) is 0 Å². The molecule has 1 saturated heterocycles. The van der Waals surface area contributed by atoms with Crippen LogP contribution in [0.1, 0.15) is 27.7 Å². The van der Waals surface area contributed by atoms with E-state index in [0.717, 1.165) is 0 Å². The van der Waals surface area contributed by atoms with Crippen molar-refractivity contribution in [3.8, 4) is 0 Å². The smallest absolute Gasteiger partial charge is 0.397 e. The molecule has 2 rings (SSSR count). The molecule has 0 saturated carbocycles. The Morgan fingerprint density at radius 3 is 2.07 bits per heavy atom. The van der Waals surface area contributed by atoms with Gasteiger partial charge in [-0.05, 0) is 27.7 Å². The first-order valence-electron chi connectivity index (χ1n) is 4.97. The van der Waals surface area contributed by atoms with Gasteiger partial charge in [-0.25, -0.2) is 5.06 Å². The summed E-state index contributed by atoms with van der Waals surface area (Å²) in [4.78, 5) is 9.77. The quantitative estimate of drug-likeness (QED) is 0.484. The van der Waals surface area contributed by atoms with Crippen LogP contribution in [0.25, 0.3) is 0 Å². The predicted molar refractivity (Wildman–Crippen MR) is 54.1 cm³/mol. The summed E-state index contributed by atoms with van der Waals surface area (Å²) in [6.45, 7) is 7.97. The summed E-state index contributed by atoms with van der Waals surface area (Å²) < 4.78 is 11.5. The van der Waals surface area contributed by atoms with Gasteiger partial charge < -0.3 is 14.2 Å². The Morgan fingerprint density at radius 2 is 1.67 bits per heavy atom. The SMILES string of the molecule is CN1C=C(B2OC(C)(C)C(C)(C)O2)OO1. The Hall–Kier alpha value is -0.715. The van der Waals surface area contributed by atoms with Gasteiger partial charge in [0.2, 0.25) is 0 Å². The number of hydrogen-bond donors (Lipinski definition) is 0. The molecule has 0 atom stereocenters. The van der Waals surface area contributed by atoms with Crippen molar-refractivity contribution < 1.29 is 19.2 Å². The molecule has 0 aromatic rings. The molecular formula is C9H16BNO4. The zero-order valence-corrected chi connectivity index (χ0v) is 9.73. The van der Waals surface area contributed by atoms with E-state index in [9.17, 15) is 0 Å². The molecule has 0 aromatic carbocycles. The average molecular weight is 213 g/mol.